The number of nitrogens with one attached hydrogen (secondary N) is 1. The molecule has 0 spiro atoms. The van der Waals surface area contributed by atoms with Gasteiger partial charge in [0.1, 0.15) is 0 Å². The summed E-state index contributed by atoms with van der Waals surface area (Å²) >= 11 is 0. The number of methoxy groups -OCH3 is 1. The summed E-state index contributed by atoms with van der Waals surface area (Å²) in [6.45, 7) is 1.19. The molecule has 0 aliphatic carbocycles. The van der Waals surface area contributed by atoms with Crippen LogP contribution in [0.3, 0.4) is 0 Å². The fourth-order valence-electron chi connectivity index (χ4n) is 1.49. The molecule has 1 rings (SSSR count). The van der Waals surface area contributed by atoms with E-state index >= 15 is 0 Å². The van der Waals surface area contributed by atoms with Gasteiger partial charge in [0.05, 0.1) is 16.5 Å². The van der Waals surface area contributed by atoms with Crippen molar-refractivity contribution in [3.63, 3.8) is 0 Å². The highest BCUT2D eigenvalue weighted by Gasteiger charge is 2.22. The lowest BCUT2D eigenvalue weighted by Gasteiger charge is -2.13. The van der Waals surface area contributed by atoms with Gasteiger partial charge in [-0.1, -0.05) is 6.07 Å². The lowest BCUT2D eigenvalue weighted by Crippen LogP contribution is -2.38. The van der Waals surface area contributed by atoms with E-state index in [0.29, 0.717) is 5.56 Å². The van der Waals surface area contributed by atoms with Crippen LogP contribution in [0.2, 0.25) is 0 Å². The lowest BCUT2D eigenvalue weighted by atomic mass is 10.2. The molecule has 0 bridgehead atoms. The van der Waals surface area contributed by atoms with Crippen LogP contribution in [-0.2, 0) is 19.6 Å². The minimum Gasteiger partial charge on any atom is -0.479 e. The molecule has 1 unspecified atom stereocenters. The maximum absolute atomic E-state index is 12.1. The Kier molecular flexibility index (Phi) is 5.21. The summed E-state index contributed by atoms with van der Waals surface area (Å²) in [6, 6.07) is 6.10. The molecule has 1 aromatic rings. The molecule has 1 atom stereocenters. The van der Waals surface area contributed by atoms with Crippen molar-refractivity contribution in [3.05, 3.63) is 29.3 Å². The van der Waals surface area contributed by atoms with Gasteiger partial charge in [-0.15, -0.1) is 0 Å². The number of carbonyl (C=O) groups is 1. The van der Waals surface area contributed by atoms with E-state index in [1.807, 2.05) is 6.07 Å². The number of sulfonamides is 1. The first-order chi connectivity index (χ1) is 9.31. The number of benzene rings is 1. The molecule has 0 fully saturated rings. The van der Waals surface area contributed by atoms with Crippen molar-refractivity contribution >= 4 is 16.0 Å². The Labute approximate surface area is 116 Å². The zero-order valence-electron chi connectivity index (χ0n) is 11.0. The Balaban J connectivity index is 3.00. The summed E-state index contributed by atoms with van der Waals surface area (Å²) in [5, 5.41) is 17.6. The Hall–Kier alpha value is -1.95. The minimum absolute atomic E-state index is 0.0585. The van der Waals surface area contributed by atoms with Gasteiger partial charge in [0.2, 0.25) is 10.0 Å². The van der Waals surface area contributed by atoms with Crippen LogP contribution in [0.25, 0.3) is 0 Å². The van der Waals surface area contributed by atoms with Crippen LogP contribution in [0, 0.1) is 18.3 Å². The van der Waals surface area contributed by atoms with Crippen LogP contribution in [0.5, 0.6) is 0 Å². The van der Waals surface area contributed by atoms with Gasteiger partial charge < -0.3 is 9.84 Å². The Morgan fingerprint density at radius 2 is 2.20 bits per heavy atom. The summed E-state index contributed by atoms with van der Waals surface area (Å²) in [5.41, 5.74) is 0.665. The highest BCUT2D eigenvalue weighted by Crippen LogP contribution is 2.16. The topological polar surface area (TPSA) is 116 Å². The van der Waals surface area contributed by atoms with E-state index in [1.54, 1.807) is 6.92 Å². The van der Waals surface area contributed by atoms with Crippen molar-refractivity contribution in [1.29, 1.82) is 5.26 Å². The molecule has 0 saturated heterocycles. The standard InChI is InChI=1S/C12H14N2O5S/c1-8-3-4-9(6-13)5-11(8)20(17,18)14-7-10(19-2)12(15)16/h3-5,10,14H,7H2,1-2H3,(H,15,16). The highest BCUT2D eigenvalue weighted by molar-refractivity contribution is 7.89. The molecule has 0 aliphatic rings. The molecule has 20 heavy (non-hydrogen) atoms. The van der Waals surface area contributed by atoms with E-state index in [4.69, 9.17) is 10.4 Å². The second kappa shape index (κ2) is 6.47. The van der Waals surface area contributed by atoms with Gasteiger partial charge in [-0.05, 0) is 24.6 Å². The maximum Gasteiger partial charge on any atom is 0.334 e. The zero-order chi connectivity index (χ0) is 15.3. The second-order valence-electron chi connectivity index (χ2n) is 4.01. The Bertz CT molecular complexity index is 648. The fourth-order valence-corrected chi connectivity index (χ4v) is 2.79. The van der Waals surface area contributed by atoms with E-state index < -0.39 is 28.6 Å². The third kappa shape index (κ3) is 3.77. The van der Waals surface area contributed by atoms with E-state index in [0.717, 1.165) is 0 Å². The predicted molar refractivity (Wildman–Crippen MR) is 69.5 cm³/mol. The number of nitrogens with zero attached hydrogens (tertiary/aromatic N) is 1. The number of hydrogen-bond acceptors (Lipinski definition) is 5. The molecular formula is C12H14N2O5S. The van der Waals surface area contributed by atoms with Crippen LogP contribution >= 0.6 is 0 Å². The van der Waals surface area contributed by atoms with Gasteiger partial charge in [0, 0.05) is 13.7 Å². The molecule has 0 radical (unpaired) electrons. The average Bonchev–Trinajstić information content (AvgIpc) is 2.39. The van der Waals surface area contributed by atoms with Crippen molar-refractivity contribution in [2.75, 3.05) is 13.7 Å². The molecule has 0 amide bonds. The van der Waals surface area contributed by atoms with Crippen molar-refractivity contribution in [2.24, 2.45) is 0 Å². The third-order valence-corrected chi connectivity index (χ3v) is 4.19. The van der Waals surface area contributed by atoms with Crippen LogP contribution in [-0.4, -0.2) is 39.3 Å². The number of nitriles is 1. The molecule has 7 nitrogen and oxygen atoms in total. The molecule has 108 valence electrons. The zero-order valence-corrected chi connectivity index (χ0v) is 11.8. The van der Waals surface area contributed by atoms with E-state index in [1.165, 1.54) is 25.3 Å². The monoisotopic (exact) mass is 298 g/mol. The van der Waals surface area contributed by atoms with Crippen LogP contribution in [0.1, 0.15) is 11.1 Å². The van der Waals surface area contributed by atoms with Gasteiger partial charge in [0.15, 0.2) is 6.10 Å². The first-order valence-electron chi connectivity index (χ1n) is 5.58. The van der Waals surface area contributed by atoms with Crippen molar-refractivity contribution in [2.45, 2.75) is 17.9 Å². The minimum atomic E-state index is -3.91. The number of rotatable bonds is 6. The highest BCUT2D eigenvalue weighted by atomic mass is 32.2. The van der Waals surface area contributed by atoms with Gasteiger partial charge in [-0.25, -0.2) is 17.9 Å². The molecule has 1 aromatic carbocycles. The summed E-state index contributed by atoms with van der Waals surface area (Å²) in [4.78, 5) is 10.7. The first kappa shape index (κ1) is 16.1. The van der Waals surface area contributed by atoms with E-state index in [-0.39, 0.29) is 10.5 Å². The molecule has 0 aromatic heterocycles. The second-order valence-corrected chi connectivity index (χ2v) is 5.74. The quantitative estimate of drug-likeness (QED) is 0.777. The van der Waals surface area contributed by atoms with Gasteiger partial charge in [-0.2, -0.15) is 5.26 Å². The number of aliphatic carboxylic acids is 1. The van der Waals surface area contributed by atoms with Crippen LogP contribution in [0.4, 0.5) is 0 Å². The molecule has 0 aliphatic heterocycles. The largest absolute Gasteiger partial charge is 0.479 e. The maximum atomic E-state index is 12.1. The number of aryl methyl sites for hydroxylation is 1. The normalized spacial score (nSPS) is 12.7. The summed E-state index contributed by atoms with van der Waals surface area (Å²) in [7, 11) is -2.73. The van der Waals surface area contributed by atoms with Crippen LogP contribution in [0.15, 0.2) is 23.1 Å². The predicted octanol–water partition coefficient (Wildman–Crippen LogP) is 0.245. The van der Waals surface area contributed by atoms with Crippen molar-refractivity contribution in [1.82, 2.24) is 4.72 Å². The fraction of sp³-hybridized carbons (Fsp3) is 0.333. The Morgan fingerprint density at radius 3 is 2.70 bits per heavy atom. The van der Waals surface area contributed by atoms with Crippen molar-refractivity contribution in [3.8, 4) is 6.07 Å². The Morgan fingerprint density at radius 1 is 1.55 bits per heavy atom. The lowest BCUT2D eigenvalue weighted by molar-refractivity contribution is -0.147. The summed E-state index contributed by atoms with van der Waals surface area (Å²) < 4.78 is 31.0. The third-order valence-electron chi connectivity index (χ3n) is 2.63. The van der Waals surface area contributed by atoms with Gasteiger partial charge in [0.25, 0.3) is 0 Å². The molecule has 0 saturated carbocycles. The number of hydrogen-bond donors (Lipinski definition) is 2. The SMILES string of the molecule is COC(CNS(=O)(=O)c1cc(C#N)ccc1C)C(=O)O. The van der Waals surface area contributed by atoms with E-state index in [2.05, 4.69) is 9.46 Å². The van der Waals surface area contributed by atoms with Gasteiger partial charge in [-0.3, -0.25) is 0 Å². The smallest absolute Gasteiger partial charge is 0.334 e. The average molecular weight is 298 g/mol. The van der Waals surface area contributed by atoms with E-state index in [9.17, 15) is 13.2 Å². The number of carboxylic acids is 1. The summed E-state index contributed by atoms with van der Waals surface area (Å²) in [5.74, 6) is -1.27. The molecule has 8 heteroatoms. The van der Waals surface area contributed by atoms with Crippen LogP contribution < -0.4 is 4.72 Å². The number of carboxylic acid groups (broad SMARTS) is 1. The molecule has 2 N–H and O–H groups in total. The number of ether oxygens (including phenoxy) is 1. The molecule has 0 heterocycles. The van der Waals surface area contributed by atoms with Gasteiger partial charge >= 0.3 is 5.97 Å². The first-order valence-corrected chi connectivity index (χ1v) is 7.06. The van der Waals surface area contributed by atoms with Crippen molar-refractivity contribution < 1.29 is 23.1 Å². The molecular weight excluding hydrogens is 284 g/mol. The summed E-state index contributed by atoms with van der Waals surface area (Å²) in [6.07, 6.45) is -1.27.